The van der Waals surface area contributed by atoms with E-state index in [1.807, 2.05) is 6.92 Å². The summed E-state index contributed by atoms with van der Waals surface area (Å²) >= 11 is 0. The number of ether oxygens (including phenoxy) is 1. The van der Waals surface area contributed by atoms with E-state index in [1.54, 1.807) is 0 Å². The number of hydrogen-bond acceptors (Lipinski definition) is 2. The van der Waals surface area contributed by atoms with Crippen molar-refractivity contribution in [3.05, 3.63) is 12.2 Å². The normalized spacial score (nSPS) is 12.9. The number of hydrogen-bond donors (Lipinski definition) is 1. The van der Waals surface area contributed by atoms with Gasteiger partial charge in [-0.3, -0.25) is 0 Å². The minimum atomic E-state index is 0.176. The summed E-state index contributed by atoms with van der Waals surface area (Å²) in [6.45, 7) is 19.5. The summed E-state index contributed by atoms with van der Waals surface area (Å²) in [6, 6.07) is 0. The predicted molar refractivity (Wildman–Crippen MR) is 71.8 cm³/mol. The van der Waals surface area contributed by atoms with Crippen LogP contribution in [-0.4, -0.2) is 25.3 Å². The van der Waals surface area contributed by atoms with Crippen molar-refractivity contribution in [2.75, 3.05) is 19.8 Å². The lowest BCUT2D eigenvalue weighted by Gasteiger charge is -2.30. The molecule has 0 amide bonds. The van der Waals surface area contributed by atoms with E-state index >= 15 is 0 Å². The van der Waals surface area contributed by atoms with Crippen LogP contribution in [0.4, 0.5) is 0 Å². The molecule has 2 heteroatoms. The Labute approximate surface area is 101 Å². The van der Waals surface area contributed by atoms with Gasteiger partial charge in [-0.05, 0) is 34.1 Å². The van der Waals surface area contributed by atoms with Crippen molar-refractivity contribution < 1.29 is 4.74 Å². The Kier molecular flexibility index (Phi) is 6.27. The van der Waals surface area contributed by atoms with E-state index in [2.05, 4.69) is 46.5 Å². The van der Waals surface area contributed by atoms with Crippen molar-refractivity contribution in [3.63, 3.8) is 0 Å². The van der Waals surface area contributed by atoms with Crippen LogP contribution in [0, 0.1) is 5.41 Å². The molecule has 0 aliphatic carbocycles. The smallest absolute Gasteiger partial charge is 0.0529 e. The number of rotatable bonds is 7. The van der Waals surface area contributed by atoms with Gasteiger partial charge in [0.1, 0.15) is 0 Å². The van der Waals surface area contributed by atoms with Gasteiger partial charge < -0.3 is 10.1 Å². The first-order valence-electron chi connectivity index (χ1n) is 6.10. The summed E-state index contributed by atoms with van der Waals surface area (Å²) < 4.78 is 5.67. The zero-order valence-corrected chi connectivity index (χ0v) is 11.9. The van der Waals surface area contributed by atoms with Gasteiger partial charge in [-0.1, -0.05) is 19.4 Å². The zero-order valence-electron chi connectivity index (χ0n) is 11.9. The second kappa shape index (κ2) is 6.41. The maximum absolute atomic E-state index is 5.67. The molecule has 1 N–H and O–H groups in total. The third-order valence-electron chi connectivity index (χ3n) is 2.26. The monoisotopic (exact) mass is 227 g/mol. The van der Waals surface area contributed by atoms with Crippen molar-refractivity contribution >= 4 is 0 Å². The zero-order chi connectivity index (χ0) is 12.8. The molecule has 0 aromatic rings. The summed E-state index contributed by atoms with van der Waals surface area (Å²) in [5.74, 6) is 0. The fourth-order valence-electron chi connectivity index (χ4n) is 1.15. The van der Waals surface area contributed by atoms with Gasteiger partial charge in [-0.2, -0.15) is 0 Å². The molecular weight excluding hydrogens is 198 g/mol. The molecule has 16 heavy (non-hydrogen) atoms. The first-order valence-corrected chi connectivity index (χ1v) is 6.10. The van der Waals surface area contributed by atoms with Gasteiger partial charge in [0.15, 0.2) is 0 Å². The minimum absolute atomic E-state index is 0.176. The van der Waals surface area contributed by atoms with E-state index in [9.17, 15) is 0 Å². The van der Waals surface area contributed by atoms with Gasteiger partial charge in [-0.15, -0.1) is 6.58 Å². The second-order valence-electron chi connectivity index (χ2n) is 6.53. The lowest BCUT2D eigenvalue weighted by molar-refractivity contribution is 0.0607. The molecule has 2 nitrogen and oxygen atoms in total. The molecule has 0 heterocycles. The van der Waals surface area contributed by atoms with Crippen molar-refractivity contribution in [2.45, 2.75) is 53.5 Å². The minimum Gasteiger partial charge on any atom is -0.381 e. The van der Waals surface area contributed by atoms with Crippen molar-refractivity contribution in [3.8, 4) is 0 Å². The SMILES string of the molecule is C=C(C)CCOCC(C)(C)CNC(C)(C)C. The predicted octanol–water partition coefficient (Wildman–Crippen LogP) is 3.38. The number of nitrogens with one attached hydrogen (secondary N) is 1. The van der Waals surface area contributed by atoms with E-state index in [0.717, 1.165) is 26.2 Å². The molecule has 0 fully saturated rings. The molecule has 0 atom stereocenters. The molecule has 0 aromatic carbocycles. The van der Waals surface area contributed by atoms with Crippen molar-refractivity contribution in [1.29, 1.82) is 0 Å². The van der Waals surface area contributed by atoms with E-state index in [0.29, 0.717) is 0 Å². The average molecular weight is 227 g/mol. The largest absolute Gasteiger partial charge is 0.381 e. The van der Waals surface area contributed by atoms with Crippen molar-refractivity contribution in [2.24, 2.45) is 5.41 Å². The van der Waals surface area contributed by atoms with Crippen LogP contribution < -0.4 is 5.32 Å². The highest BCUT2D eigenvalue weighted by Crippen LogP contribution is 2.16. The average Bonchev–Trinajstić information content (AvgIpc) is 2.08. The molecular formula is C14H29NO. The van der Waals surface area contributed by atoms with Gasteiger partial charge in [0.2, 0.25) is 0 Å². The fourth-order valence-corrected chi connectivity index (χ4v) is 1.15. The van der Waals surface area contributed by atoms with Gasteiger partial charge >= 0.3 is 0 Å². The summed E-state index contributed by atoms with van der Waals surface area (Å²) in [6.07, 6.45) is 0.961. The molecule has 0 aliphatic rings. The molecule has 0 spiro atoms. The van der Waals surface area contributed by atoms with Gasteiger partial charge in [0.25, 0.3) is 0 Å². The van der Waals surface area contributed by atoms with Crippen LogP contribution in [0.5, 0.6) is 0 Å². The van der Waals surface area contributed by atoms with E-state index in [1.165, 1.54) is 5.57 Å². The van der Waals surface area contributed by atoms with Crippen LogP contribution in [-0.2, 0) is 4.74 Å². The molecule has 0 radical (unpaired) electrons. The highest BCUT2D eigenvalue weighted by Gasteiger charge is 2.20. The third kappa shape index (κ3) is 10.2. The molecule has 0 aromatic heterocycles. The Balaban J connectivity index is 3.74. The fraction of sp³-hybridized carbons (Fsp3) is 0.857. The van der Waals surface area contributed by atoms with Gasteiger partial charge in [0, 0.05) is 17.5 Å². The lowest BCUT2D eigenvalue weighted by atomic mass is 9.93. The van der Waals surface area contributed by atoms with Crippen LogP contribution in [0.2, 0.25) is 0 Å². The Morgan fingerprint density at radius 2 is 1.75 bits per heavy atom. The van der Waals surface area contributed by atoms with E-state index in [-0.39, 0.29) is 11.0 Å². The van der Waals surface area contributed by atoms with Crippen LogP contribution in [0.25, 0.3) is 0 Å². The highest BCUT2D eigenvalue weighted by molar-refractivity contribution is 4.87. The molecule has 0 rings (SSSR count). The standard InChI is InChI=1S/C14H29NO/c1-12(2)8-9-16-11-14(6,7)10-15-13(3,4)5/h15H,1,8-11H2,2-7H3. The second-order valence-corrected chi connectivity index (χ2v) is 6.53. The first-order chi connectivity index (χ1) is 7.12. The maximum Gasteiger partial charge on any atom is 0.0529 e. The summed E-state index contributed by atoms with van der Waals surface area (Å²) in [5.41, 5.74) is 1.54. The van der Waals surface area contributed by atoms with E-state index < -0.39 is 0 Å². The molecule has 0 saturated carbocycles. The van der Waals surface area contributed by atoms with Crippen LogP contribution in [0.3, 0.4) is 0 Å². The molecule has 0 unspecified atom stereocenters. The summed E-state index contributed by atoms with van der Waals surface area (Å²) in [4.78, 5) is 0. The Hall–Kier alpha value is -0.340. The Morgan fingerprint density at radius 3 is 2.19 bits per heavy atom. The molecule has 0 saturated heterocycles. The topological polar surface area (TPSA) is 21.3 Å². The molecule has 0 aliphatic heterocycles. The van der Waals surface area contributed by atoms with E-state index in [4.69, 9.17) is 4.74 Å². The lowest BCUT2D eigenvalue weighted by Crippen LogP contribution is -2.43. The highest BCUT2D eigenvalue weighted by atomic mass is 16.5. The molecule has 96 valence electrons. The molecule has 0 bridgehead atoms. The first kappa shape index (κ1) is 15.7. The van der Waals surface area contributed by atoms with Gasteiger partial charge in [-0.25, -0.2) is 0 Å². The van der Waals surface area contributed by atoms with Crippen LogP contribution in [0.15, 0.2) is 12.2 Å². The third-order valence-corrected chi connectivity index (χ3v) is 2.26. The Bertz CT molecular complexity index is 213. The Morgan fingerprint density at radius 1 is 1.19 bits per heavy atom. The summed E-state index contributed by atoms with van der Waals surface area (Å²) in [5, 5.41) is 3.51. The van der Waals surface area contributed by atoms with Crippen LogP contribution in [0.1, 0.15) is 48.0 Å². The maximum atomic E-state index is 5.67. The van der Waals surface area contributed by atoms with Gasteiger partial charge in [0.05, 0.1) is 13.2 Å². The van der Waals surface area contributed by atoms with Crippen LogP contribution >= 0.6 is 0 Å². The van der Waals surface area contributed by atoms with Crippen molar-refractivity contribution in [1.82, 2.24) is 5.32 Å². The summed E-state index contributed by atoms with van der Waals surface area (Å²) in [7, 11) is 0. The quantitative estimate of drug-likeness (QED) is 0.532.